The van der Waals surface area contributed by atoms with Crippen LogP contribution in [0.1, 0.15) is 39.0 Å². The first-order chi connectivity index (χ1) is 11.8. The highest BCUT2D eigenvalue weighted by atomic mass is 32.2. The molecule has 2 heterocycles. The van der Waals surface area contributed by atoms with Gasteiger partial charge in [-0.25, -0.2) is 13.1 Å². The number of amides is 1. The predicted octanol–water partition coefficient (Wildman–Crippen LogP) is 1.80. The Morgan fingerprint density at radius 2 is 1.92 bits per heavy atom. The van der Waals surface area contributed by atoms with Crippen LogP contribution < -0.4 is 4.90 Å². The molecule has 1 aromatic rings. The van der Waals surface area contributed by atoms with Crippen LogP contribution in [0.25, 0.3) is 0 Å². The van der Waals surface area contributed by atoms with E-state index in [1.807, 2.05) is 0 Å². The van der Waals surface area contributed by atoms with Gasteiger partial charge in [-0.1, -0.05) is 11.3 Å². The summed E-state index contributed by atoms with van der Waals surface area (Å²) in [5.41, 5.74) is 0. The molecule has 3 fully saturated rings. The van der Waals surface area contributed by atoms with Gasteiger partial charge in [-0.3, -0.25) is 14.6 Å². The quantitative estimate of drug-likeness (QED) is 0.676. The highest BCUT2D eigenvalue weighted by Gasteiger charge is 2.40. The van der Waals surface area contributed by atoms with Crippen LogP contribution in [0.2, 0.25) is 0 Å². The fourth-order valence-corrected chi connectivity index (χ4v) is 6.43. The lowest BCUT2D eigenvalue weighted by atomic mass is 10.2. The Kier molecular flexibility index (Phi) is 4.50. The Morgan fingerprint density at radius 1 is 1.24 bits per heavy atom. The topological polar surface area (TPSA) is 75.5 Å². The van der Waals surface area contributed by atoms with Crippen molar-refractivity contribution in [1.29, 1.82) is 0 Å². The van der Waals surface area contributed by atoms with Crippen molar-refractivity contribution in [1.82, 2.24) is 14.7 Å². The molecule has 1 aliphatic heterocycles. The number of hydrogen-bond donors (Lipinski definition) is 0. The minimum absolute atomic E-state index is 0.000615. The van der Waals surface area contributed by atoms with E-state index >= 15 is 0 Å². The van der Waals surface area contributed by atoms with Crippen molar-refractivity contribution < 1.29 is 13.2 Å². The number of aromatic nitrogens is 2. The van der Waals surface area contributed by atoms with E-state index in [2.05, 4.69) is 10.00 Å². The molecule has 1 saturated heterocycles. The van der Waals surface area contributed by atoms with Gasteiger partial charge in [-0.2, -0.15) is 0 Å². The Hall–Kier alpha value is -0.840. The van der Waals surface area contributed by atoms with Gasteiger partial charge in [0.1, 0.15) is 0 Å². The first-order valence-corrected chi connectivity index (χ1v) is 11.7. The van der Waals surface area contributed by atoms with Crippen molar-refractivity contribution in [2.24, 2.45) is 0 Å². The monoisotopic (exact) mass is 402 g/mol. The van der Waals surface area contributed by atoms with Crippen LogP contribution >= 0.6 is 23.6 Å². The molecule has 3 aliphatic rings. The van der Waals surface area contributed by atoms with E-state index in [4.69, 9.17) is 12.2 Å². The van der Waals surface area contributed by atoms with Gasteiger partial charge >= 0.3 is 0 Å². The van der Waals surface area contributed by atoms with Crippen LogP contribution in [0, 0.1) is 3.95 Å². The SMILES string of the molecule is CC(=O)N(c1nn(CN(C2CC2)[C@@H]2CCS(=O)(=O)C2)c(=S)s1)C1CC1. The van der Waals surface area contributed by atoms with E-state index in [0.29, 0.717) is 28.2 Å². The third-order valence-electron chi connectivity index (χ3n) is 5.04. The standard InChI is InChI=1S/C15H22N4O3S3/c1-10(20)19(12-4-5-12)14-16-18(15(23)24-14)9-17(11-2-3-11)13-6-7-25(21,22)8-13/h11-13H,2-9H2,1H3/t13-/m1/s1. The first kappa shape index (κ1) is 17.6. The molecule has 1 aromatic heterocycles. The zero-order valence-electron chi connectivity index (χ0n) is 14.1. The molecule has 0 spiro atoms. The maximum absolute atomic E-state index is 11.9. The maximum Gasteiger partial charge on any atom is 0.225 e. The molecular weight excluding hydrogens is 380 g/mol. The summed E-state index contributed by atoms with van der Waals surface area (Å²) in [5.74, 6) is 0.503. The summed E-state index contributed by atoms with van der Waals surface area (Å²) < 4.78 is 26.1. The third kappa shape index (κ3) is 3.81. The lowest BCUT2D eigenvalue weighted by Crippen LogP contribution is -2.39. The van der Waals surface area contributed by atoms with Crippen molar-refractivity contribution in [2.75, 3.05) is 16.4 Å². The van der Waals surface area contributed by atoms with E-state index in [1.165, 1.54) is 11.3 Å². The molecule has 7 nitrogen and oxygen atoms in total. The third-order valence-corrected chi connectivity index (χ3v) is 8.10. The summed E-state index contributed by atoms with van der Waals surface area (Å²) in [4.78, 5) is 15.9. The Labute approximate surface area is 156 Å². The fraction of sp³-hybridized carbons (Fsp3) is 0.800. The van der Waals surface area contributed by atoms with Crippen LogP contribution in [-0.4, -0.2) is 58.6 Å². The molecule has 1 atom stereocenters. The average molecular weight is 403 g/mol. The van der Waals surface area contributed by atoms with Gasteiger partial charge in [-0.05, 0) is 44.3 Å². The van der Waals surface area contributed by atoms with Crippen LogP contribution in [0.15, 0.2) is 0 Å². The normalized spacial score (nSPS) is 25.4. The molecule has 10 heteroatoms. The predicted molar refractivity (Wildman–Crippen MR) is 99.0 cm³/mol. The second-order valence-electron chi connectivity index (χ2n) is 7.21. The van der Waals surface area contributed by atoms with Crippen LogP contribution in [0.3, 0.4) is 0 Å². The molecule has 1 amide bonds. The van der Waals surface area contributed by atoms with Gasteiger partial charge < -0.3 is 0 Å². The van der Waals surface area contributed by atoms with Crippen LogP contribution in [-0.2, 0) is 21.3 Å². The van der Waals surface area contributed by atoms with Crippen molar-refractivity contribution >= 4 is 44.4 Å². The lowest BCUT2D eigenvalue weighted by molar-refractivity contribution is -0.116. The minimum atomic E-state index is -2.92. The summed E-state index contributed by atoms with van der Waals surface area (Å²) in [7, 11) is -2.92. The minimum Gasteiger partial charge on any atom is -0.284 e. The van der Waals surface area contributed by atoms with Gasteiger partial charge in [-0.15, -0.1) is 5.10 Å². The van der Waals surface area contributed by atoms with E-state index in [0.717, 1.165) is 25.7 Å². The molecule has 4 rings (SSSR count). The Balaban J connectivity index is 1.55. The number of anilines is 1. The molecule has 0 aromatic carbocycles. The van der Waals surface area contributed by atoms with Gasteiger partial charge in [0.15, 0.2) is 13.8 Å². The number of carbonyl (C=O) groups is 1. The molecule has 2 saturated carbocycles. The van der Waals surface area contributed by atoms with E-state index < -0.39 is 9.84 Å². The lowest BCUT2D eigenvalue weighted by Gasteiger charge is -2.27. The molecule has 25 heavy (non-hydrogen) atoms. The zero-order chi connectivity index (χ0) is 17.8. The van der Waals surface area contributed by atoms with Gasteiger partial charge in [0.2, 0.25) is 11.0 Å². The number of rotatable bonds is 6. The summed E-state index contributed by atoms with van der Waals surface area (Å²) in [6.45, 7) is 2.07. The Morgan fingerprint density at radius 3 is 2.44 bits per heavy atom. The van der Waals surface area contributed by atoms with E-state index in [-0.39, 0.29) is 29.5 Å². The number of hydrogen-bond acceptors (Lipinski definition) is 7. The molecule has 0 bridgehead atoms. The van der Waals surface area contributed by atoms with Crippen molar-refractivity contribution in [3.8, 4) is 0 Å². The van der Waals surface area contributed by atoms with Gasteiger partial charge in [0.25, 0.3) is 0 Å². The largest absolute Gasteiger partial charge is 0.284 e. The zero-order valence-corrected chi connectivity index (χ0v) is 16.6. The number of sulfone groups is 1. The molecule has 0 radical (unpaired) electrons. The molecule has 2 aliphatic carbocycles. The van der Waals surface area contributed by atoms with Crippen molar-refractivity contribution in [3.05, 3.63) is 3.95 Å². The molecular formula is C15H22N4O3S3. The number of nitrogens with zero attached hydrogens (tertiary/aromatic N) is 4. The summed E-state index contributed by atoms with van der Waals surface area (Å²) in [6.07, 6.45) is 4.91. The molecule has 0 unspecified atom stereocenters. The number of carbonyl (C=O) groups excluding carboxylic acids is 1. The second-order valence-corrected chi connectivity index (χ2v) is 11.0. The van der Waals surface area contributed by atoms with E-state index in [9.17, 15) is 13.2 Å². The fourth-order valence-electron chi connectivity index (χ4n) is 3.49. The Bertz CT molecular complexity index is 838. The molecule has 0 N–H and O–H groups in total. The highest BCUT2D eigenvalue weighted by Crippen LogP contribution is 2.35. The summed E-state index contributed by atoms with van der Waals surface area (Å²) in [5, 5.41) is 5.26. The highest BCUT2D eigenvalue weighted by molar-refractivity contribution is 7.91. The smallest absolute Gasteiger partial charge is 0.225 e. The van der Waals surface area contributed by atoms with Crippen molar-refractivity contribution in [2.45, 2.75) is 63.8 Å². The van der Waals surface area contributed by atoms with Gasteiger partial charge in [0.05, 0.1) is 18.2 Å². The summed E-state index contributed by atoms with van der Waals surface area (Å²) >= 11 is 6.83. The first-order valence-electron chi connectivity index (χ1n) is 8.68. The maximum atomic E-state index is 11.9. The average Bonchev–Trinajstić information content (AvgIpc) is 3.42. The van der Waals surface area contributed by atoms with Crippen LogP contribution in [0.4, 0.5) is 5.13 Å². The molecule has 138 valence electrons. The van der Waals surface area contributed by atoms with Crippen molar-refractivity contribution in [3.63, 3.8) is 0 Å². The summed E-state index contributed by atoms with van der Waals surface area (Å²) in [6, 6.07) is 0.737. The second kappa shape index (κ2) is 6.40. The van der Waals surface area contributed by atoms with E-state index in [1.54, 1.807) is 16.5 Å². The van der Waals surface area contributed by atoms with Gasteiger partial charge in [0, 0.05) is 25.0 Å². The van der Waals surface area contributed by atoms with Crippen LogP contribution in [0.5, 0.6) is 0 Å².